The molecule has 5 rings (SSSR count). The first-order valence-electron chi connectivity index (χ1n) is 11.7. The molecule has 4 aromatic rings. The Kier molecular flexibility index (Phi) is 7.00. The second-order valence-electron chi connectivity index (χ2n) is 8.56. The number of nitrogens with zero attached hydrogens (tertiary/aromatic N) is 4. The third kappa shape index (κ3) is 5.66. The van der Waals surface area contributed by atoms with E-state index in [-0.39, 0.29) is 5.91 Å². The van der Waals surface area contributed by atoms with Gasteiger partial charge in [-0.15, -0.1) is 5.10 Å². The Hall–Kier alpha value is -3.77. The molecule has 0 spiro atoms. The SMILES string of the molecule is O=C(c1cn(Cc2ccccc2)nc1OCc1ccccc1)N1CCN(c2cccc(Cl)c2)CC1. The maximum absolute atomic E-state index is 13.5. The molecule has 1 fully saturated rings. The molecule has 3 aromatic carbocycles. The number of hydrogen-bond acceptors (Lipinski definition) is 4. The smallest absolute Gasteiger partial charge is 0.261 e. The van der Waals surface area contributed by atoms with Gasteiger partial charge in [-0.25, -0.2) is 0 Å². The highest BCUT2D eigenvalue weighted by Gasteiger charge is 2.27. The van der Waals surface area contributed by atoms with E-state index >= 15 is 0 Å². The van der Waals surface area contributed by atoms with Crippen LogP contribution in [-0.4, -0.2) is 46.8 Å². The lowest BCUT2D eigenvalue weighted by Crippen LogP contribution is -2.48. The predicted molar refractivity (Wildman–Crippen MR) is 138 cm³/mol. The topological polar surface area (TPSA) is 50.6 Å². The quantitative estimate of drug-likeness (QED) is 0.363. The Morgan fingerprint density at radius 3 is 2.23 bits per heavy atom. The molecule has 6 nitrogen and oxygen atoms in total. The van der Waals surface area contributed by atoms with Crippen LogP contribution in [-0.2, 0) is 13.2 Å². The Balaban J connectivity index is 1.32. The van der Waals surface area contributed by atoms with Gasteiger partial charge in [-0.3, -0.25) is 9.48 Å². The van der Waals surface area contributed by atoms with Crippen molar-refractivity contribution < 1.29 is 9.53 Å². The molecule has 178 valence electrons. The first-order valence-corrected chi connectivity index (χ1v) is 12.1. The number of hydrogen-bond donors (Lipinski definition) is 0. The summed E-state index contributed by atoms with van der Waals surface area (Å²) in [6, 6.07) is 27.8. The van der Waals surface area contributed by atoms with Crippen molar-refractivity contribution in [2.45, 2.75) is 13.2 Å². The van der Waals surface area contributed by atoms with Crippen LogP contribution >= 0.6 is 11.6 Å². The predicted octanol–water partition coefficient (Wildman–Crippen LogP) is 5.13. The lowest BCUT2D eigenvalue weighted by atomic mass is 10.2. The zero-order valence-electron chi connectivity index (χ0n) is 19.4. The van der Waals surface area contributed by atoms with Crippen molar-refractivity contribution >= 4 is 23.2 Å². The van der Waals surface area contributed by atoms with Crippen LogP contribution in [0.5, 0.6) is 5.88 Å². The van der Waals surface area contributed by atoms with E-state index in [9.17, 15) is 4.79 Å². The number of carbonyl (C=O) groups is 1. The van der Waals surface area contributed by atoms with Gasteiger partial charge in [-0.2, -0.15) is 0 Å². The molecule has 1 amide bonds. The van der Waals surface area contributed by atoms with Gasteiger partial charge < -0.3 is 14.5 Å². The number of carbonyl (C=O) groups excluding carboxylic acids is 1. The van der Waals surface area contributed by atoms with Crippen molar-refractivity contribution in [2.75, 3.05) is 31.1 Å². The summed E-state index contributed by atoms with van der Waals surface area (Å²) < 4.78 is 7.84. The number of benzene rings is 3. The van der Waals surface area contributed by atoms with E-state index in [0.717, 1.165) is 29.9 Å². The van der Waals surface area contributed by atoms with E-state index < -0.39 is 0 Å². The number of amides is 1. The lowest BCUT2D eigenvalue weighted by molar-refractivity contribution is 0.0741. The standard InChI is InChI=1S/C28H27ClN4O2/c29-24-12-7-13-25(18-24)31-14-16-32(17-15-31)28(34)26-20-33(19-22-8-3-1-4-9-22)30-27(26)35-21-23-10-5-2-6-11-23/h1-13,18,20H,14-17,19,21H2. The van der Waals surface area contributed by atoms with E-state index in [0.29, 0.717) is 42.7 Å². The second-order valence-corrected chi connectivity index (χ2v) is 9.00. The summed E-state index contributed by atoms with van der Waals surface area (Å²) in [4.78, 5) is 17.7. The minimum absolute atomic E-state index is 0.0573. The molecule has 0 atom stereocenters. The minimum atomic E-state index is -0.0573. The summed E-state index contributed by atoms with van der Waals surface area (Å²) >= 11 is 6.16. The minimum Gasteiger partial charge on any atom is -0.471 e. The summed E-state index contributed by atoms with van der Waals surface area (Å²) in [5.74, 6) is 0.310. The largest absolute Gasteiger partial charge is 0.471 e. The third-order valence-corrected chi connectivity index (χ3v) is 6.34. The van der Waals surface area contributed by atoms with Crippen molar-refractivity contribution in [3.8, 4) is 5.88 Å². The van der Waals surface area contributed by atoms with Crippen molar-refractivity contribution in [1.82, 2.24) is 14.7 Å². The summed E-state index contributed by atoms with van der Waals surface area (Å²) in [5.41, 5.74) is 3.71. The first-order chi connectivity index (χ1) is 17.2. The molecule has 0 bridgehead atoms. The van der Waals surface area contributed by atoms with E-state index in [1.807, 2.05) is 89.8 Å². The number of piperazine rings is 1. The number of ether oxygens (including phenoxy) is 1. The van der Waals surface area contributed by atoms with Crippen LogP contribution in [0.1, 0.15) is 21.5 Å². The highest BCUT2D eigenvalue weighted by Crippen LogP contribution is 2.24. The van der Waals surface area contributed by atoms with E-state index in [1.165, 1.54) is 0 Å². The lowest BCUT2D eigenvalue weighted by Gasteiger charge is -2.36. The molecule has 0 aliphatic carbocycles. The van der Waals surface area contributed by atoms with Gasteiger partial charge in [0.2, 0.25) is 5.88 Å². The van der Waals surface area contributed by atoms with Crippen LogP contribution in [0.25, 0.3) is 0 Å². The van der Waals surface area contributed by atoms with Crippen LogP contribution in [0.2, 0.25) is 5.02 Å². The molecular weight excluding hydrogens is 460 g/mol. The van der Waals surface area contributed by atoms with Gasteiger partial charge in [0.15, 0.2) is 0 Å². The average molecular weight is 487 g/mol. The molecule has 0 radical (unpaired) electrons. The van der Waals surface area contributed by atoms with E-state index in [4.69, 9.17) is 16.3 Å². The maximum atomic E-state index is 13.5. The second kappa shape index (κ2) is 10.7. The third-order valence-electron chi connectivity index (χ3n) is 6.10. The van der Waals surface area contributed by atoms with Crippen LogP contribution in [0.4, 0.5) is 5.69 Å². The number of rotatable bonds is 7. The van der Waals surface area contributed by atoms with Crippen LogP contribution in [0.3, 0.4) is 0 Å². The van der Waals surface area contributed by atoms with Gasteiger partial charge >= 0.3 is 0 Å². The molecule has 1 saturated heterocycles. The molecular formula is C28H27ClN4O2. The molecule has 2 heterocycles. The number of anilines is 1. The zero-order valence-corrected chi connectivity index (χ0v) is 20.1. The molecule has 1 aromatic heterocycles. The Bertz CT molecular complexity index is 1270. The molecule has 0 N–H and O–H groups in total. The summed E-state index contributed by atoms with van der Waals surface area (Å²) in [6.45, 7) is 3.64. The van der Waals surface area contributed by atoms with Gasteiger partial charge in [0, 0.05) is 43.1 Å². The highest BCUT2D eigenvalue weighted by atomic mass is 35.5. The van der Waals surface area contributed by atoms with Gasteiger partial charge in [-0.1, -0.05) is 78.3 Å². The maximum Gasteiger partial charge on any atom is 0.261 e. The van der Waals surface area contributed by atoms with Crippen molar-refractivity contribution in [2.24, 2.45) is 0 Å². The van der Waals surface area contributed by atoms with Gasteiger partial charge in [0.25, 0.3) is 5.91 Å². The highest BCUT2D eigenvalue weighted by molar-refractivity contribution is 6.30. The van der Waals surface area contributed by atoms with Crippen molar-refractivity contribution in [3.05, 3.63) is 113 Å². The molecule has 7 heteroatoms. The molecule has 35 heavy (non-hydrogen) atoms. The Labute approximate surface area is 210 Å². The molecule has 0 saturated carbocycles. The summed E-state index contributed by atoms with van der Waals surface area (Å²) in [5, 5.41) is 5.35. The summed E-state index contributed by atoms with van der Waals surface area (Å²) in [7, 11) is 0. The Morgan fingerprint density at radius 2 is 1.54 bits per heavy atom. The number of halogens is 1. The van der Waals surface area contributed by atoms with Crippen LogP contribution < -0.4 is 9.64 Å². The fourth-order valence-corrected chi connectivity index (χ4v) is 4.43. The van der Waals surface area contributed by atoms with Crippen LogP contribution in [0, 0.1) is 0 Å². The van der Waals surface area contributed by atoms with Gasteiger partial charge in [0.05, 0.1) is 6.54 Å². The fourth-order valence-electron chi connectivity index (χ4n) is 4.25. The monoisotopic (exact) mass is 486 g/mol. The van der Waals surface area contributed by atoms with Gasteiger partial charge in [0.1, 0.15) is 12.2 Å². The number of aromatic nitrogens is 2. The normalized spacial score (nSPS) is 13.6. The van der Waals surface area contributed by atoms with Crippen molar-refractivity contribution in [3.63, 3.8) is 0 Å². The Morgan fingerprint density at radius 1 is 0.857 bits per heavy atom. The van der Waals surface area contributed by atoms with Crippen molar-refractivity contribution in [1.29, 1.82) is 0 Å². The first kappa shape index (κ1) is 23.0. The zero-order chi connectivity index (χ0) is 24.0. The van der Waals surface area contributed by atoms with E-state index in [2.05, 4.69) is 10.00 Å². The average Bonchev–Trinajstić information content (AvgIpc) is 3.31. The molecule has 0 unspecified atom stereocenters. The molecule has 1 aliphatic rings. The molecule has 1 aliphatic heterocycles. The fraction of sp³-hybridized carbons (Fsp3) is 0.214. The summed E-state index contributed by atoms with van der Waals surface area (Å²) in [6.07, 6.45) is 1.80. The van der Waals surface area contributed by atoms with Crippen LogP contribution in [0.15, 0.2) is 91.1 Å². The van der Waals surface area contributed by atoms with Gasteiger partial charge in [-0.05, 0) is 29.3 Å². The van der Waals surface area contributed by atoms with E-state index in [1.54, 1.807) is 10.9 Å².